The summed E-state index contributed by atoms with van der Waals surface area (Å²) >= 11 is 0. The smallest absolute Gasteiger partial charge is 0.303 e. The zero-order valence-corrected chi connectivity index (χ0v) is 12.4. The van der Waals surface area contributed by atoms with Gasteiger partial charge in [0, 0.05) is 31.0 Å². The predicted molar refractivity (Wildman–Crippen MR) is 80.0 cm³/mol. The van der Waals surface area contributed by atoms with E-state index >= 15 is 0 Å². The lowest BCUT2D eigenvalue weighted by Crippen LogP contribution is -2.28. The second-order valence-corrected chi connectivity index (χ2v) is 5.42. The average Bonchev–Trinajstić information content (AvgIpc) is 2.84. The maximum atomic E-state index is 12.2. The van der Waals surface area contributed by atoms with Crippen molar-refractivity contribution in [1.29, 1.82) is 0 Å². The molecule has 0 atom stereocenters. The molecule has 7 nitrogen and oxygen atoms in total. The largest absolute Gasteiger partial charge is 0.481 e. The van der Waals surface area contributed by atoms with Crippen molar-refractivity contribution in [2.24, 2.45) is 0 Å². The summed E-state index contributed by atoms with van der Waals surface area (Å²) in [6.07, 6.45) is 1.96. The van der Waals surface area contributed by atoms with Crippen LogP contribution in [0.4, 0.5) is 11.4 Å². The minimum absolute atomic E-state index is 0.0179. The van der Waals surface area contributed by atoms with Crippen molar-refractivity contribution in [3.8, 4) is 0 Å². The van der Waals surface area contributed by atoms with Crippen LogP contribution in [0.15, 0.2) is 12.1 Å². The molecule has 1 aliphatic heterocycles. The maximum Gasteiger partial charge on any atom is 0.303 e. The van der Waals surface area contributed by atoms with E-state index in [4.69, 9.17) is 5.11 Å². The Morgan fingerprint density at radius 1 is 1.32 bits per heavy atom. The number of hydrogen-bond acceptors (Lipinski definition) is 4. The molecule has 0 fully saturated rings. The second-order valence-electron chi connectivity index (χ2n) is 5.42. The SMILES string of the molecule is Cc1cc2c(cc1[N+](=O)[O-])N(C(=O)CCCCC(=O)O)CC2. The van der Waals surface area contributed by atoms with Gasteiger partial charge in [0.1, 0.15) is 0 Å². The van der Waals surface area contributed by atoms with E-state index in [9.17, 15) is 19.7 Å². The molecule has 1 aromatic rings. The molecule has 0 aliphatic carbocycles. The first-order valence-electron chi connectivity index (χ1n) is 7.20. The van der Waals surface area contributed by atoms with Gasteiger partial charge in [0.05, 0.1) is 10.6 Å². The molecule has 0 bridgehead atoms. The molecule has 2 rings (SSSR count). The molecule has 22 heavy (non-hydrogen) atoms. The van der Waals surface area contributed by atoms with Crippen LogP contribution in [0.3, 0.4) is 0 Å². The Morgan fingerprint density at radius 2 is 2.00 bits per heavy atom. The zero-order chi connectivity index (χ0) is 16.3. The molecule has 0 aromatic heterocycles. The number of aryl methyl sites for hydroxylation is 1. The summed E-state index contributed by atoms with van der Waals surface area (Å²) < 4.78 is 0. The Hall–Kier alpha value is -2.44. The normalized spacial score (nSPS) is 13.0. The van der Waals surface area contributed by atoms with E-state index in [1.807, 2.05) is 0 Å². The van der Waals surface area contributed by atoms with Crippen LogP contribution in [0, 0.1) is 17.0 Å². The van der Waals surface area contributed by atoms with Crippen molar-refractivity contribution < 1.29 is 19.6 Å². The van der Waals surface area contributed by atoms with E-state index in [0.717, 1.165) is 5.56 Å². The highest BCUT2D eigenvalue weighted by Gasteiger charge is 2.27. The van der Waals surface area contributed by atoms with Gasteiger partial charge in [-0.2, -0.15) is 0 Å². The van der Waals surface area contributed by atoms with E-state index in [2.05, 4.69) is 0 Å². The number of carboxylic acids is 1. The summed E-state index contributed by atoms with van der Waals surface area (Å²) in [5.41, 5.74) is 2.17. The van der Waals surface area contributed by atoms with E-state index in [1.165, 1.54) is 6.07 Å². The fourth-order valence-corrected chi connectivity index (χ4v) is 2.69. The number of fused-ring (bicyclic) bond motifs is 1. The van der Waals surface area contributed by atoms with E-state index in [0.29, 0.717) is 37.1 Å². The number of nitro benzene ring substituents is 1. The molecule has 118 valence electrons. The number of nitrogens with zero attached hydrogens (tertiary/aromatic N) is 2. The van der Waals surface area contributed by atoms with Gasteiger partial charge in [0.2, 0.25) is 5.91 Å². The van der Waals surface area contributed by atoms with Gasteiger partial charge < -0.3 is 10.0 Å². The lowest BCUT2D eigenvalue weighted by atomic mass is 10.1. The summed E-state index contributed by atoms with van der Waals surface area (Å²) in [5.74, 6) is -0.979. The number of aliphatic carboxylic acids is 1. The molecule has 1 aliphatic rings. The van der Waals surface area contributed by atoms with Crippen LogP contribution in [0.2, 0.25) is 0 Å². The van der Waals surface area contributed by atoms with Gasteiger partial charge in [-0.15, -0.1) is 0 Å². The standard InChI is InChI=1S/C15H18N2O5/c1-10-8-11-6-7-16(13(11)9-12(10)17(21)22)14(18)4-2-3-5-15(19)20/h8-9H,2-7H2,1H3,(H,19,20). The van der Waals surface area contributed by atoms with Crippen LogP contribution >= 0.6 is 0 Å². The van der Waals surface area contributed by atoms with Crippen LogP contribution in [-0.4, -0.2) is 28.5 Å². The average molecular weight is 306 g/mol. The first kappa shape index (κ1) is 15.9. The van der Waals surface area contributed by atoms with Gasteiger partial charge in [-0.3, -0.25) is 19.7 Å². The molecule has 0 saturated heterocycles. The summed E-state index contributed by atoms with van der Waals surface area (Å²) in [6.45, 7) is 2.21. The lowest BCUT2D eigenvalue weighted by Gasteiger charge is -2.17. The monoisotopic (exact) mass is 306 g/mol. The number of hydrogen-bond donors (Lipinski definition) is 1. The molecular weight excluding hydrogens is 288 g/mol. The number of rotatable bonds is 6. The predicted octanol–water partition coefficient (Wildman–Crippen LogP) is 2.44. The first-order chi connectivity index (χ1) is 10.4. The number of nitro groups is 1. The van der Waals surface area contributed by atoms with Crippen molar-refractivity contribution >= 4 is 23.3 Å². The topological polar surface area (TPSA) is 101 Å². The van der Waals surface area contributed by atoms with Crippen molar-refractivity contribution in [2.75, 3.05) is 11.4 Å². The van der Waals surface area contributed by atoms with Crippen LogP contribution in [0.1, 0.15) is 36.8 Å². The highest BCUT2D eigenvalue weighted by molar-refractivity contribution is 5.96. The highest BCUT2D eigenvalue weighted by atomic mass is 16.6. The molecule has 0 spiro atoms. The molecule has 0 saturated carbocycles. The Labute approximate surface area is 127 Å². The first-order valence-corrected chi connectivity index (χ1v) is 7.20. The number of benzene rings is 1. The van der Waals surface area contributed by atoms with Gasteiger partial charge in [0.15, 0.2) is 0 Å². The summed E-state index contributed by atoms with van der Waals surface area (Å²) in [6, 6.07) is 3.23. The third kappa shape index (κ3) is 3.41. The van der Waals surface area contributed by atoms with Gasteiger partial charge in [-0.1, -0.05) is 0 Å². The molecule has 1 heterocycles. The van der Waals surface area contributed by atoms with E-state index in [-0.39, 0.29) is 24.4 Å². The summed E-state index contributed by atoms with van der Waals surface area (Å²) in [5, 5.41) is 19.6. The van der Waals surface area contributed by atoms with Gasteiger partial charge in [0.25, 0.3) is 5.69 Å². The van der Waals surface area contributed by atoms with Gasteiger partial charge >= 0.3 is 5.97 Å². The maximum absolute atomic E-state index is 12.2. The molecule has 1 amide bonds. The van der Waals surface area contributed by atoms with Crippen molar-refractivity contribution in [3.05, 3.63) is 33.4 Å². The zero-order valence-electron chi connectivity index (χ0n) is 12.4. The van der Waals surface area contributed by atoms with Gasteiger partial charge in [-0.05, 0) is 37.8 Å². The Balaban J connectivity index is 2.07. The summed E-state index contributed by atoms with van der Waals surface area (Å²) in [7, 11) is 0. The van der Waals surface area contributed by atoms with Crippen molar-refractivity contribution in [1.82, 2.24) is 0 Å². The molecule has 0 unspecified atom stereocenters. The van der Waals surface area contributed by atoms with Crippen LogP contribution in [-0.2, 0) is 16.0 Å². The lowest BCUT2D eigenvalue weighted by molar-refractivity contribution is -0.385. The van der Waals surface area contributed by atoms with Crippen molar-refractivity contribution in [3.63, 3.8) is 0 Å². The minimum atomic E-state index is -0.870. The minimum Gasteiger partial charge on any atom is -0.481 e. The molecule has 0 radical (unpaired) electrons. The van der Waals surface area contributed by atoms with E-state index in [1.54, 1.807) is 17.9 Å². The van der Waals surface area contributed by atoms with Gasteiger partial charge in [-0.25, -0.2) is 0 Å². The molecule has 7 heteroatoms. The van der Waals surface area contributed by atoms with Crippen LogP contribution in [0.25, 0.3) is 0 Å². The van der Waals surface area contributed by atoms with Crippen LogP contribution < -0.4 is 4.90 Å². The quantitative estimate of drug-likeness (QED) is 0.494. The Kier molecular flexibility index (Phi) is 4.75. The van der Waals surface area contributed by atoms with E-state index < -0.39 is 10.9 Å². The third-order valence-electron chi connectivity index (χ3n) is 3.82. The van der Waals surface area contributed by atoms with Crippen LogP contribution in [0.5, 0.6) is 0 Å². The number of carbonyl (C=O) groups excluding carboxylic acids is 1. The fraction of sp³-hybridized carbons (Fsp3) is 0.467. The number of unbranched alkanes of at least 4 members (excludes halogenated alkanes) is 1. The second kappa shape index (κ2) is 6.55. The Morgan fingerprint density at radius 3 is 2.64 bits per heavy atom. The highest BCUT2D eigenvalue weighted by Crippen LogP contribution is 2.34. The summed E-state index contributed by atoms with van der Waals surface area (Å²) in [4.78, 5) is 34.8. The number of carboxylic acid groups (broad SMARTS) is 1. The number of amides is 1. The third-order valence-corrected chi connectivity index (χ3v) is 3.82. The van der Waals surface area contributed by atoms with Crippen molar-refractivity contribution in [2.45, 2.75) is 39.0 Å². The molecule has 1 aromatic carbocycles. The number of carbonyl (C=O) groups is 2. The number of anilines is 1. The molecular formula is C15H18N2O5. The fourth-order valence-electron chi connectivity index (χ4n) is 2.69. The Bertz CT molecular complexity index is 627. The molecule has 1 N–H and O–H groups in total.